The number of rotatable bonds is 6. The summed E-state index contributed by atoms with van der Waals surface area (Å²) in [5.41, 5.74) is 5.43. The maximum absolute atomic E-state index is 11.2. The van der Waals surface area contributed by atoms with E-state index in [1.54, 1.807) is 18.5 Å². The van der Waals surface area contributed by atoms with E-state index < -0.39 is 5.97 Å². The van der Waals surface area contributed by atoms with Gasteiger partial charge in [0.2, 0.25) is 0 Å². The number of pyridine rings is 2. The van der Waals surface area contributed by atoms with Gasteiger partial charge in [-0.15, -0.1) is 0 Å². The molecule has 0 aliphatic heterocycles. The molecular weight excluding hydrogens is 340 g/mol. The highest BCUT2D eigenvalue weighted by atomic mass is 16.4. The van der Waals surface area contributed by atoms with E-state index >= 15 is 0 Å². The molecule has 0 saturated carbocycles. The standard InChI is InChI=1S/C21H24N4O2/c1-5-25-21-17(12-23-25)20(15-9-14(4)10-22-11-15)16(6-7-19(26)27)18(24-21)8-13(2)3/h6-7,9-13H,5,8H2,1-4H3,(H,26,27). The Kier molecular flexibility index (Phi) is 5.35. The maximum atomic E-state index is 11.2. The zero-order chi connectivity index (χ0) is 19.6. The predicted octanol–water partition coefficient (Wildman–Crippen LogP) is 4.12. The van der Waals surface area contributed by atoms with Crippen LogP contribution in [0.25, 0.3) is 28.2 Å². The van der Waals surface area contributed by atoms with Crippen LogP contribution < -0.4 is 0 Å². The van der Waals surface area contributed by atoms with Crippen molar-refractivity contribution in [3.8, 4) is 11.1 Å². The fourth-order valence-electron chi connectivity index (χ4n) is 3.26. The van der Waals surface area contributed by atoms with Gasteiger partial charge in [0.25, 0.3) is 0 Å². The lowest BCUT2D eigenvalue weighted by molar-refractivity contribution is -0.131. The zero-order valence-corrected chi connectivity index (χ0v) is 16.1. The van der Waals surface area contributed by atoms with Crippen LogP contribution in [-0.4, -0.2) is 30.8 Å². The molecule has 0 aliphatic rings. The molecule has 140 valence electrons. The van der Waals surface area contributed by atoms with Gasteiger partial charge in [0, 0.05) is 47.1 Å². The largest absolute Gasteiger partial charge is 0.478 e. The summed E-state index contributed by atoms with van der Waals surface area (Å²) in [6, 6.07) is 2.06. The van der Waals surface area contributed by atoms with Gasteiger partial charge in [0.1, 0.15) is 0 Å². The summed E-state index contributed by atoms with van der Waals surface area (Å²) < 4.78 is 1.87. The Bertz CT molecular complexity index is 1020. The molecule has 0 bridgehead atoms. The fraction of sp³-hybridized carbons (Fsp3) is 0.333. The second-order valence-electron chi connectivity index (χ2n) is 7.07. The summed E-state index contributed by atoms with van der Waals surface area (Å²) in [6.45, 7) is 8.99. The number of hydrogen-bond donors (Lipinski definition) is 1. The smallest absolute Gasteiger partial charge is 0.328 e. The number of nitrogens with zero attached hydrogens (tertiary/aromatic N) is 4. The van der Waals surface area contributed by atoms with Crippen LogP contribution in [0.2, 0.25) is 0 Å². The fourth-order valence-corrected chi connectivity index (χ4v) is 3.26. The lowest BCUT2D eigenvalue weighted by atomic mass is 9.93. The quantitative estimate of drug-likeness (QED) is 0.666. The van der Waals surface area contributed by atoms with Crippen molar-refractivity contribution in [1.82, 2.24) is 19.7 Å². The number of carbonyl (C=O) groups is 1. The Morgan fingerprint density at radius 3 is 2.70 bits per heavy atom. The molecule has 0 amide bonds. The Labute approximate surface area is 158 Å². The van der Waals surface area contributed by atoms with Gasteiger partial charge in [-0.1, -0.05) is 13.8 Å². The first-order chi connectivity index (χ1) is 12.9. The minimum absolute atomic E-state index is 0.383. The summed E-state index contributed by atoms with van der Waals surface area (Å²) in [5.74, 6) is -0.600. The van der Waals surface area contributed by atoms with Gasteiger partial charge in [-0.25, -0.2) is 14.5 Å². The van der Waals surface area contributed by atoms with Crippen LogP contribution in [0.1, 0.15) is 37.6 Å². The molecule has 6 heteroatoms. The lowest BCUT2D eigenvalue weighted by Gasteiger charge is -2.15. The summed E-state index contributed by atoms with van der Waals surface area (Å²) in [6.07, 6.45) is 8.98. The van der Waals surface area contributed by atoms with Gasteiger partial charge in [-0.05, 0) is 43.9 Å². The number of carboxylic acids is 1. The summed E-state index contributed by atoms with van der Waals surface area (Å²) >= 11 is 0. The van der Waals surface area contributed by atoms with Gasteiger partial charge >= 0.3 is 5.97 Å². The highest BCUT2D eigenvalue weighted by Crippen LogP contribution is 2.35. The Hall–Kier alpha value is -3.02. The van der Waals surface area contributed by atoms with Crippen molar-refractivity contribution in [2.24, 2.45) is 5.92 Å². The SMILES string of the molecule is CCn1ncc2c(-c3cncc(C)c3)c(C=CC(=O)O)c(CC(C)C)nc21. The van der Waals surface area contributed by atoms with Crippen LogP contribution >= 0.6 is 0 Å². The lowest BCUT2D eigenvalue weighted by Crippen LogP contribution is -2.06. The molecule has 6 nitrogen and oxygen atoms in total. The second-order valence-corrected chi connectivity index (χ2v) is 7.07. The zero-order valence-electron chi connectivity index (χ0n) is 16.1. The predicted molar refractivity (Wildman–Crippen MR) is 106 cm³/mol. The molecule has 3 aromatic rings. The Morgan fingerprint density at radius 2 is 2.07 bits per heavy atom. The van der Waals surface area contributed by atoms with Crippen LogP contribution in [0.5, 0.6) is 0 Å². The molecule has 0 aliphatic carbocycles. The van der Waals surface area contributed by atoms with Gasteiger partial charge in [-0.3, -0.25) is 4.98 Å². The van der Waals surface area contributed by atoms with Crippen LogP contribution in [0.3, 0.4) is 0 Å². The van der Waals surface area contributed by atoms with E-state index in [9.17, 15) is 9.90 Å². The van der Waals surface area contributed by atoms with E-state index in [1.165, 1.54) is 6.08 Å². The van der Waals surface area contributed by atoms with Crippen molar-refractivity contribution in [3.63, 3.8) is 0 Å². The highest BCUT2D eigenvalue weighted by Gasteiger charge is 2.19. The van der Waals surface area contributed by atoms with Crippen molar-refractivity contribution in [3.05, 3.63) is 47.6 Å². The molecule has 3 aromatic heterocycles. The molecule has 0 radical (unpaired) electrons. The molecule has 27 heavy (non-hydrogen) atoms. The molecule has 3 heterocycles. The third kappa shape index (κ3) is 3.89. The summed E-state index contributed by atoms with van der Waals surface area (Å²) in [4.78, 5) is 20.4. The number of carboxylic acid groups (broad SMARTS) is 1. The summed E-state index contributed by atoms with van der Waals surface area (Å²) in [7, 11) is 0. The molecule has 3 rings (SSSR count). The first-order valence-electron chi connectivity index (χ1n) is 9.12. The average Bonchev–Trinajstić information content (AvgIpc) is 3.01. The average molecular weight is 364 g/mol. The monoisotopic (exact) mass is 364 g/mol. The van der Waals surface area contributed by atoms with Crippen LogP contribution in [0, 0.1) is 12.8 Å². The molecule has 0 atom stereocenters. The van der Waals surface area contributed by atoms with Crippen LogP contribution in [-0.2, 0) is 17.8 Å². The highest BCUT2D eigenvalue weighted by molar-refractivity contribution is 5.99. The normalized spacial score (nSPS) is 11.7. The third-order valence-electron chi connectivity index (χ3n) is 4.36. The van der Waals surface area contributed by atoms with Crippen molar-refractivity contribution >= 4 is 23.1 Å². The molecule has 0 saturated heterocycles. The third-order valence-corrected chi connectivity index (χ3v) is 4.36. The van der Waals surface area contributed by atoms with E-state index in [-0.39, 0.29) is 0 Å². The summed E-state index contributed by atoms with van der Waals surface area (Å²) in [5, 5.41) is 14.5. The van der Waals surface area contributed by atoms with Gasteiger partial charge in [-0.2, -0.15) is 5.10 Å². The number of fused-ring (bicyclic) bond motifs is 1. The minimum Gasteiger partial charge on any atom is -0.478 e. The molecule has 0 unspecified atom stereocenters. The van der Waals surface area contributed by atoms with E-state index in [1.807, 2.05) is 24.7 Å². The molecule has 0 aromatic carbocycles. The van der Waals surface area contributed by atoms with Gasteiger partial charge < -0.3 is 5.11 Å². The van der Waals surface area contributed by atoms with E-state index in [0.717, 1.165) is 45.4 Å². The second kappa shape index (κ2) is 7.70. The van der Waals surface area contributed by atoms with Gasteiger partial charge in [0.15, 0.2) is 5.65 Å². The van der Waals surface area contributed by atoms with Crippen LogP contribution in [0.15, 0.2) is 30.7 Å². The molecule has 0 fully saturated rings. The van der Waals surface area contributed by atoms with E-state index in [0.29, 0.717) is 12.5 Å². The van der Waals surface area contributed by atoms with Crippen molar-refractivity contribution in [2.45, 2.75) is 40.7 Å². The minimum atomic E-state index is -0.983. The number of aliphatic carboxylic acids is 1. The van der Waals surface area contributed by atoms with E-state index in [2.05, 4.69) is 30.0 Å². The molecular formula is C21H24N4O2. The maximum Gasteiger partial charge on any atom is 0.328 e. The number of aromatic nitrogens is 4. The topological polar surface area (TPSA) is 80.9 Å². The Morgan fingerprint density at radius 1 is 1.30 bits per heavy atom. The van der Waals surface area contributed by atoms with Crippen molar-refractivity contribution < 1.29 is 9.90 Å². The van der Waals surface area contributed by atoms with Crippen molar-refractivity contribution in [2.75, 3.05) is 0 Å². The van der Waals surface area contributed by atoms with E-state index in [4.69, 9.17) is 4.98 Å². The first kappa shape index (κ1) is 18.8. The number of hydrogen-bond acceptors (Lipinski definition) is 4. The van der Waals surface area contributed by atoms with Crippen LogP contribution in [0.4, 0.5) is 0 Å². The van der Waals surface area contributed by atoms with Gasteiger partial charge in [0.05, 0.1) is 11.9 Å². The molecule has 0 spiro atoms. The number of aryl methyl sites for hydroxylation is 2. The van der Waals surface area contributed by atoms with Crippen molar-refractivity contribution in [1.29, 1.82) is 0 Å². The Balaban J connectivity index is 2.41. The molecule has 1 N–H and O–H groups in total. The first-order valence-corrected chi connectivity index (χ1v) is 9.12.